The van der Waals surface area contributed by atoms with Crippen LogP contribution in [-0.2, 0) is 9.53 Å². The first-order valence-electron chi connectivity index (χ1n) is 8.41. The van der Waals surface area contributed by atoms with E-state index in [-0.39, 0.29) is 5.91 Å². The smallest absolute Gasteiger partial charge is 0.261 e. The van der Waals surface area contributed by atoms with Crippen LogP contribution in [0.3, 0.4) is 0 Å². The molecular weight excluding hydrogens is 292 g/mol. The maximum atomic E-state index is 12.3. The van der Waals surface area contributed by atoms with Crippen molar-refractivity contribution in [1.29, 1.82) is 0 Å². The number of nitrogens with zero attached hydrogens (tertiary/aromatic N) is 1. The number of hydrogen-bond acceptors (Lipinski definition) is 4. The molecule has 5 nitrogen and oxygen atoms in total. The summed E-state index contributed by atoms with van der Waals surface area (Å²) in [6.45, 7) is 11.0. The molecule has 0 bridgehead atoms. The van der Waals surface area contributed by atoms with Crippen molar-refractivity contribution in [2.75, 3.05) is 39.4 Å². The number of hydrogen-bond donors (Lipinski definition) is 1. The van der Waals surface area contributed by atoms with Crippen LogP contribution < -0.4 is 10.1 Å². The Bertz CT molecular complexity index is 493. The van der Waals surface area contributed by atoms with E-state index in [1.54, 1.807) is 0 Å². The fraction of sp³-hybridized carbons (Fsp3) is 0.611. The fourth-order valence-corrected chi connectivity index (χ4v) is 2.76. The van der Waals surface area contributed by atoms with Gasteiger partial charge >= 0.3 is 0 Å². The first-order valence-corrected chi connectivity index (χ1v) is 8.41. The first kappa shape index (κ1) is 17.8. The molecule has 1 saturated heterocycles. The van der Waals surface area contributed by atoms with Gasteiger partial charge in [0.15, 0.2) is 6.10 Å². The number of ether oxygens (including phenoxy) is 2. The molecule has 0 radical (unpaired) electrons. The first-order chi connectivity index (χ1) is 11.1. The zero-order chi connectivity index (χ0) is 16.7. The van der Waals surface area contributed by atoms with Crippen LogP contribution in [0.2, 0.25) is 0 Å². The number of amides is 1. The Morgan fingerprint density at radius 2 is 1.91 bits per heavy atom. The Balaban J connectivity index is 1.80. The van der Waals surface area contributed by atoms with E-state index in [1.165, 1.54) is 0 Å². The molecule has 23 heavy (non-hydrogen) atoms. The average Bonchev–Trinajstić information content (AvgIpc) is 2.52. The predicted molar refractivity (Wildman–Crippen MR) is 90.9 cm³/mol. The highest BCUT2D eigenvalue weighted by Crippen LogP contribution is 2.18. The van der Waals surface area contributed by atoms with Gasteiger partial charge in [0.25, 0.3) is 5.91 Å². The van der Waals surface area contributed by atoms with Crippen molar-refractivity contribution in [3.05, 3.63) is 29.3 Å². The zero-order valence-corrected chi connectivity index (χ0v) is 14.4. The number of aryl methyl sites for hydroxylation is 2. The van der Waals surface area contributed by atoms with E-state index in [9.17, 15) is 4.79 Å². The Kier molecular flexibility index (Phi) is 6.86. The maximum Gasteiger partial charge on any atom is 0.261 e. The molecule has 0 spiro atoms. The summed E-state index contributed by atoms with van der Waals surface area (Å²) in [7, 11) is 0. The van der Waals surface area contributed by atoms with Crippen LogP contribution in [0.1, 0.15) is 24.5 Å². The third-order valence-corrected chi connectivity index (χ3v) is 3.97. The van der Waals surface area contributed by atoms with Crippen molar-refractivity contribution in [2.45, 2.75) is 33.3 Å². The van der Waals surface area contributed by atoms with Gasteiger partial charge in [-0.1, -0.05) is 13.0 Å². The van der Waals surface area contributed by atoms with Gasteiger partial charge < -0.3 is 14.8 Å². The molecule has 5 heteroatoms. The Morgan fingerprint density at radius 3 is 2.52 bits per heavy atom. The van der Waals surface area contributed by atoms with Crippen LogP contribution in [0.5, 0.6) is 5.75 Å². The van der Waals surface area contributed by atoms with E-state index in [0.717, 1.165) is 49.7 Å². The van der Waals surface area contributed by atoms with Gasteiger partial charge in [-0.2, -0.15) is 0 Å². The number of morpholine rings is 1. The van der Waals surface area contributed by atoms with Crippen LogP contribution >= 0.6 is 0 Å². The molecular formula is C18H28N2O3. The molecule has 128 valence electrons. The molecule has 2 rings (SSSR count). The summed E-state index contributed by atoms with van der Waals surface area (Å²) in [6.07, 6.45) is 0.206. The largest absolute Gasteiger partial charge is 0.481 e. The average molecular weight is 320 g/mol. The van der Waals surface area contributed by atoms with E-state index < -0.39 is 6.10 Å². The van der Waals surface area contributed by atoms with E-state index in [4.69, 9.17) is 9.47 Å². The number of nitrogens with one attached hydrogen (secondary N) is 1. The van der Waals surface area contributed by atoms with Gasteiger partial charge in [-0.25, -0.2) is 0 Å². The van der Waals surface area contributed by atoms with Crippen molar-refractivity contribution in [2.24, 2.45) is 0 Å². The second kappa shape index (κ2) is 8.89. The molecule has 1 N–H and O–H groups in total. The van der Waals surface area contributed by atoms with Crippen molar-refractivity contribution >= 4 is 5.91 Å². The highest BCUT2D eigenvalue weighted by Gasteiger charge is 2.19. The van der Waals surface area contributed by atoms with E-state index >= 15 is 0 Å². The molecule has 0 aromatic heterocycles. The van der Waals surface area contributed by atoms with E-state index in [1.807, 2.05) is 32.9 Å². The zero-order valence-electron chi connectivity index (χ0n) is 14.4. The molecule has 0 saturated carbocycles. The molecule has 1 aromatic carbocycles. The number of benzene rings is 1. The summed E-state index contributed by atoms with van der Waals surface area (Å²) in [4.78, 5) is 14.6. The van der Waals surface area contributed by atoms with E-state index in [2.05, 4.69) is 16.3 Å². The maximum absolute atomic E-state index is 12.3. The van der Waals surface area contributed by atoms with Gasteiger partial charge in [-0.15, -0.1) is 0 Å². The van der Waals surface area contributed by atoms with Crippen molar-refractivity contribution in [3.63, 3.8) is 0 Å². The molecule has 1 aromatic rings. The lowest BCUT2D eigenvalue weighted by Crippen LogP contribution is -2.44. The lowest BCUT2D eigenvalue weighted by molar-refractivity contribution is -0.128. The van der Waals surface area contributed by atoms with Crippen LogP contribution in [0, 0.1) is 13.8 Å². The number of rotatable bonds is 7. The lowest BCUT2D eigenvalue weighted by Gasteiger charge is -2.26. The standard InChI is InChI=1S/C18H28N2O3/c1-4-17(23-16-12-14(2)11-15(3)13-16)18(21)19-5-6-20-7-9-22-10-8-20/h11-13,17H,4-10H2,1-3H3,(H,19,21). The highest BCUT2D eigenvalue weighted by molar-refractivity contribution is 5.81. The van der Waals surface area contributed by atoms with Crippen molar-refractivity contribution < 1.29 is 14.3 Å². The van der Waals surface area contributed by atoms with Crippen LogP contribution in [0.4, 0.5) is 0 Å². The molecule has 1 aliphatic heterocycles. The normalized spacial score (nSPS) is 16.8. The van der Waals surface area contributed by atoms with Crippen molar-refractivity contribution in [3.8, 4) is 5.75 Å². The minimum Gasteiger partial charge on any atom is -0.481 e. The molecule has 1 heterocycles. The predicted octanol–water partition coefficient (Wildman–Crippen LogP) is 1.91. The molecule has 0 aliphatic carbocycles. The van der Waals surface area contributed by atoms with Gasteiger partial charge in [-0.3, -0.25) is 9.69 Å². The van der Waals surface area contributed by atoms with Gasteiger partial charge in [0, 0.05) is 26.2 Å². The Labute approximate surface area is 139 Å². The second-order valence-electron chi connectivity index (χ2n) is 6.08. The van der Waals surface area contributed by atoms with Crippen molar-refractivity contribution in [1.82, 2.24) is 10.2 Å². The third-order valence-electron chi connectivity index (χ3n) is 3.97. The summed E-state index contributed by atoms with van der Waals surface area (Å²) in [5, 5.41) is 2.98. The minimum atomic E-state index is -0.444. The molecule has 1 aliphatic rings. The van der Waals surface area contributed by atoms with Gasteiger partial charge in [0.05, 0.1) is 13.2 Å². The van der Waals surface area contributed by atoms with Crippen LogP contribution in [0.15, 0.2) is 18.2 Å². The topological polar surface area (TPSA) is 50.8 Å². The summed E-state index contributed by atoms with van der Waals surface area (Å²) >= 11 is 0. The van der Waals surface area contributed by atoms with E-state index in [0.29, 0.717) is 13.0 Å². The summed E-state index contributed by atoms with van der Waals surface area (Å²) in [5.41, 5.74) is 2.28. The van der Waals surface area contributed by atoms with Gasteiger partial charge in [0.1, 0.15) is 5.75 Å². The third kappa shape index (κ3) is 5.84. The number of carbonyl (C=O) groups excluding carboxylic acids is 1. The SMILES string of the molecule is CCC(Oc1cc(C)cc(C)c1)C(=O)NCCN1CCOCC1. The fourth-order valence-electron chi connectivity index (χ4n) is 2.76. The molecule has 1 amide bonds. The Hall–Kier alpha value is -1.59. The van der Waals surface area contributed by atoms with Crippen LogP contribution in [-0.4, -0.2) is 56.3 Å². The molecule has 1 unspecified atom stereocenters. The second-order valence-corrected chi connectivity index (χ2v) is 6.08. The lowest BCUT2D eigenvalue weighted by atomic mass is 10.1. The molecule has 1 fully saturated rings. The van der Waals surface area contributed by atoms with Gasteiger partial charge in [0.2, 0.25) is 0 Å². The number of carbonyl (C=O) groups is 1. The van der Waals surface area contributed by atoms with Gasteiger partial charge in [-0.05, 0) is 43.5 Å². The quantitative estimate of drug-likeness (QED) is 0.834. The van der Waals surface area contributed by atoms with Crippen LogP contribution in [0.25, 0.3) is 0 Å². The summed E-state index contributed by atoms with van der Waals surface area (Å²) in [5.74, 6) is 0.720. The summed E-state index contributed by atoms with van der Waals surface area (Å²) in [6, 6.07) is 6.03. The highest BCUT2D eigenvalue weighted by atomic mass is 16.5. The minimum absolute atomic E-state index is 0.0417. The Morgan fingerprint density at radius 1 is 1.26 bits per heavy atom. The molecule has 1 atom stereocenters. The summed E-state index contributed by atoms with van der Waals surface area (Å²) < 4.78 is 11.2. The monoisotopic (exact) mass is 320 g/mol.